The van der Waals surface area contributed by atoms with Gasteiger partial charge in [0, 0.05) is 55.7 Å². The minimum atomic E-state index is 0.640. The van der Waals surface area contributed by atoms with Gasteiger partial charge >= 0.3 is 6.01 Å². The summed E-state index contributed by atoms with van der Waals surface area (Å²) in [5.41, 5.74) is 1.22. The standard InChI is InChI=1S/C16H20N6O/c1-10-19-16(23-20-10)22-7-12-5-21(6-13(12)8-22)15-4-14(11-2-3-11)17-9-18-15/h4,9,11-13H,2-3,5-8H2,1H3. The fourth-order valence-electron chi connectivity index (χ4n) is 3.89. The molecule has 0 spiro atoms. The van der Waals surface area contributed by atoms with Crippen LogP contribution in [-0.2, 0) is 0 Å². The summed E-state index contributed by atoms with van der Waals surface area (Å²) in [7, 11) is 0. The van der Waals surface area contributed by atoms with E-state index in [2.05, 4.69) is 36.0 Å². The van der Waals surface area contributed by atoms with Crippen molar-refractivity contribution < 1.29 is 4.52 Å². The molecule has 0 N–H and O–H groups in total. The van der Waals surface area contributed by atoms with Crippen LogP contribution in [0.3, 0.4) is 0 Å². The minimum Gasteiger partial charge on any atom is -0.356 e. The van der Waals surface area contributed by atoms with Crippen LogP contribution in [0.2, 0.25) is 0 Å². The van der Waals surface area contributed by atoms with Gasteiger partial charge in [0.2, 0.25) is 0 Å². The molecule has 0 bridgehead atoms. The highest BCUT2D eigenvalue weighted by molar-refractivity contribution is 5.43. The maximum absolute atomic E-state index is 5.30. The summed E-state index contributed by atoms with van der Waals surface area (Å²) < 4.78 is 5.30. The van der Waals surface area contributed by atoms with Gasteiger partial charge in [-0.3, -0.25) is 0 Å². The molecule has 7 nitrogen and oxygen atoms in total. The summed E-state index contributed by atoms with van der Waals surface area (Å²) in [5, 5.41) is 3.89. The topological polar surface area (TPSA) is 71.2 Å². The van der Waals surface area contributed by atoms with Gasteiger partial charge in [-0.05, 0) is 19.8 Å². The van der Waals surface area contributed by atoms with Crippen LogP contribution in [0.4, 0.5) is 11.8 Å². The van der Waals surface area contributed by atoms with E-state index in [1.807, 2.05) is 6.92 Å². The van der Waals surface area contributed by atoms with Crippen LogP contribution in [0.5, 0.6) is 0 Å². The first-order valence-corrected chi connectivity index (χ1v) is 8.38. The third-order valence-corrected chi connectivity index (χ3v) is 5.27. The molecule has 5 rings (SSSR count). The first-order valence-electron chi connectivity index (χ1n) is 8.38. The maximum Gasteiger partial charge on any atom is 0.324 e. The van der Waals surface area contributed by atoms with Crippen molar-refractivity contribution in [2.24, 2.45) is 11.8 Å². The summed E-state index contributed by atoms with van der Waals surface area (Å²) in [6.07, 6.45) is 4.28. The molecule has 2 aromatic rings. The SMILES string of the molecule is Cc1noc(N2CC3CN(c4cc(C5CC5)ncn4)CC3C2)n1. The Bertz CT molecular complexity index is 713. The number of nitrogens with zero attached hydrogens (tertiary/aromatic N) is 6. The number of anilines is 2. The Labute approximate surface area is 134 Å². The van der Waals surface area contributed by atoms with Crippen molar-refractivity contribution in [1.82, 2.24) is 20.1 Å². The van der Waals surface area contributed by atoms with Crippen LogP contribution >= 0.6 is 0 Å². The minimum absolute atomic E-state index is 0.640. The van der Waals surface area contributed by atoms with E-state index in [1.165, 1.54) is 18.5 Å². The molecule has 2 atom stereocenters. The lowest BCUT2D eigenvalue weighted by Crippen LogP contribution is -2.29. The van der Waals surface area contributed by atoms with Gasteiger partial charge in [-0.15, -0.1) is 0 Å². The van der Waals surface area contributed by atoms with Crippen LogP contribution < -0.4 is 9.80 Å². The number of hydrogen-bond donors (Lipinski definition) is 0. The van der Waals surface area contributed by atoms with E-state index in [-0.39, 0.29) is 0 Å². The quantitative estimate of drug-likeness (QED) is 0.852. The van der Waals surface area contributed by atoms with Crippen molar-refractivity contribution in [2.75, 3.05) is 36.0 Å². The average molecular weight is 312 g/mol. The summed E-state index contributed by atoms with van der Waals surface area (Å²) in [4.78, 5) is 17.9. The molecular weight excluding hydrogens is 292 g/mol. The Hall–Kier alpha value is -2.18. The van der Waals surface area contributed by atoms with E-state index >= 15 is 0 Å². The van der Waals surface area contributed by atoms with Gasteiger partial charge < -0.3 is 14.3 Å². The number of hydrogen-bond acceptors (Lipinski definition) is 7. The maximum atomic E-state index is 5.30. The van der Waals surface area contributed by atoms with Gasteiger partial charge in [0.1, 0.15) is 12.1 Å². The summed E-state index contributed by atoms with van der Waals surface area (Å²) >= 11 is 0. The van der Waals surface area contributed by atoms with E-state index in [0.717, 1.165) is 32.0 Å². The molecule has 3 fully saturated rings. The Kier molecular flexibility index (Phi) is 2.83. The second kappa shape index (κ2) is 4.91. The van der Waals surface area contributed by atoms with E-state index in [1.54, 1.807) is 6.33 Å². The van der Waals surface area contributed by atoms with Gasteiger partial charge in [-0.25, -0.2) is 9.97 Å². The van der Waals surface area contributed by atoms with Crippen LogP contribution in [0, 0.1) is 18.8 Å². The van der Waals surface area contributed by atoms with E-state index in [4.69, 9.17) is 4.52 Å². The Morgan fingerprint density at radius 2 is 1.78 bits per heavy atom. The lowest BCUT2D eigenvalue weighted by molar-refractivity contribution is 0.411. The molecule has 2 aromatic heterocycles. The molecule has 2 unspecified atom stereocenters. The fraction of sp³-hybridized carbons (Fsp3) is 0.625. The van der Waals surface area contributed by atoms with Gasteiger partial charge in [0.25, 0.3) is 0 Å². The zero-order valence-electron chi connectivity index (χ0n) is 13.2. The molecular formula is C16H20N6O. The first-order chi connectivity index (χ1) is 11.3. The molecule has 0 radical (unpaired) electrons. The zero-order chi connectivity index (χ0) is 15.4. The Balaban J connectivity index is 1.29. The average Bonchev–Trinajstić information content (AvgIpc) is 3.00. The first kappa shape index (κ1) is 13.3. The lowest BCUT2D eigenvalue weighted by atomic mass is 10.0. The number of aryl methyl sites for hydroxylation is 1. The highest BCUT2D eigenvalue weighted by atomic mass is 16.5. The van der Waals surface area contributed by atoms with Crippen molar-refractivity contribution in [3.63, 3.8) is 0 Å². The summed E-state index contributed by atoms with van der Waals surface area (Å²) in [6, 6.07) is 2.86. The van der Waals surface area contributed by atoms with Crippen LogP contribution in [-0.4, -0.2) is 46.3 Å². The van der Waals surface area contributed by atoms with Crippen molar-refractivity contribution in [2.45, 2.75) is 25.7 Å². The Morgan fingerprint density at radius 3 is 2.43 bits per heavy atom. The third-order valence-electron chi connectivity index (χ3n) is 5.27. The van der Waals surface area contributed by atoms with Crippen LogP contribution in [0.15, 0.2) is 16.9 Å². The largest absolute Gasteiger partial charge is 0.356 e. The van der Waals surface area contributed by atoms with Gasteiger partial charge in [-0.2, -0.15) is 4.98 Å². The smallest absolute Gasteiger partial charge is 0.324 e. The van der Waals surface area contributed by atoms with Crippen molar-refractivity contribution in [3.05, 3.63) is 23.9 Å². The molecule has 3 aliphatic rings. The summed E-state index contributed by atoms with van der Waals surface area (Å²) in [5.74, 6) is 3.75. The van der Waals surface area contributed by atoms with Crippen LogP contribution in [0.25, 0.3) is 0 Å². The normalized spacial score (nSPS) is 26.8. The molecule has 2 aliphatic heterocycles. The highest BCUT2D eigenvalue weighted by Crippen LogP contribution is 2.40. The third kappa shape index (κ3) is 2.34. The lowest BCUT2D eigenvalue weighted by Gasteiger charge is -2.21. The molecule has 120 valence electrons. The summed E-state index contributed by atoms with van der Waals surface area (Å²) in [6.45, 7) is 5.94. The van der Waals surface area contributed by atoms with E-state index < -0.39 is 0 Å². The Morgan fingerprint density at radius 1 is 1.04 bits per heavy atom. The highest BCUT2D eigenvalue weighted by Gasteiger charge is 2.42. The number of fused-ring (bicyclic) bond motifs is 1. The molecule has 23 heavy (non-hydrogen) atoms. The van der Waals surface area contributed by atoms with E-state index in [0.29, 0.717) is 29.6 Å². The zero-order valence-corrected chi connectivity index (χ0v) is 13.2. The van der Waals surface area contributed by atoms with E-state index in [9.17, 15) is 0 Å². The molecule has 4 heterocycles. The van der Waals surface area contributed by atoms with Crippen molar-refractivity contribution in [3.8, 4) is 0 Å². The number of aromatic nitrogens is 4. The van der Waals surface area contributed by atoms with Crippen LogP contribution in [0.1, 0.15) is 30.3 Å². The van der Waals surface area contributed by atoms with Crippen molar-refractivity contribution in [1.29, 1.82) is 0 Å². The van der Waals surface area contributed by atoms with Gasteiger partial charge in [0.15, 0.2) is 5.82 Å². The van der Waals surface area contributed by atoms with Crippen molar-refractivity contribution >= 4 is 11.8 Å². The molecule has 1 saturated carbocycles. The predicted octanol–water partition coefficient (Wildman–Crippen LogP) is 1.62. The molecule has 0 aromatic carbocycles. The fourth-order valence-corrected chi connectivity index (χ4v) is 3.89. The second-order valence-electron chi connectivity index (χ2n) is 7.03. The number of rotatable bonds is 3. The molecule has 0 amide bonds. The molecule has 1 aliphatic carbocycles. The van der Waals surface area contributed by atoms with Gasteiger partial charge in [0.05, 0.1) is 0 Å². The second-order valence-corrected chi connectivity index (χ2v) is 7.03. The molecule has 2 saturated heterocycles. The van der Waals surface area contributed by atoms with Gasteiger partial charge in [-0.1, -0.05) is 5.16 Å². The molecule has 7 heteroatoms. The monoisotopic (exact) mass is 312 g/mol. The predicted molar refractivity (Wildman–Crippen MR) is 84.4 cm³/mol.